The van der Waals surface area contributed by atoms with Gasteiger partial charge in [-0.1, -0.05) is 23.7 Å². The maximum Gasteiger partial charge on any atom is 0.331 e. The number of carbonyl (C=O) groups is 2. The number of ether oxygens (including phenoxy) is 1. The van der Waals surface area contributed by atoms with E-state index in [0.29, 0.717) is 23.2 Å². The first kappa shape index (κ1) is 18.9. The van der Waals surface area contributed by atoms with Gasteiger partial charge >= 0.3 is 5.97 Å². The second-order valence-electron chi connectivity index (χ2n) is 5.74. The number of nitrogens with zero attached hydrogens (tertiary/aromatic N) is 2. The van der Waals surface area contributed by atoms with Crippen LogP contribution in [0.3, 0.4) is 0 Å². The van der Waals surface area contributed by atoms with E-state index in [1.165, 1.54) is 7.11 Å². The maximum atomic E-state index is 12.1. The number of nitrogens with one attached hydrogen (secondary N) is 1. The average molecular weight is 366 g/mol. The quantitative estimate of drug-likeness (QED) is 0.758. The van der Waals surface area contributed by atoms with Gasteiger partial charge < -0.3 is 14.6 Å². The number of benzene rings is 1. The second-order valence-corrected chi connectivity index (χ2v) is 6.18. The standard InChI is InChI=1S/C17H20ClN3O4/c1-4-17(2,16(23)24-3)20-13(22)9-10-14-19-15(21-25-14)11-5-7-12(18)8-6-11/h5-8H,4,9-10H2,1-3H3,(H,20,22)/t17-/m1/s1. The van der Waals surface area contributed by atoms with Crippen molar-refractivity contribution >= 4 is 23.5 Å². The first-order valence-corrected chi connectivity index (χ1v) is 8.23. The Morgan fingerprint density at radius 2 is 2.00 bits per heavy atom. The van der Waals surface area contributed by atoms with Gasteiger partial charge in [-0.25, -0.2) is 4.79 Å². The first-order valence-electron chi connectivity index (χ1n) is 7.86. The van der Waals surface area contributed by atoms with Crippen LogP contribution in [0.1, 0.15) is 32.6 Å². The van der Waals surface area contributed by atoms with E-state index in [4.69, 9.17) is 20.9 Å². The minimum absolute atomic E-state index is 0.120. The molecule has 1 aromatic heterocycles. The van der Waals surface area contributed by atoms with Crippen molar-refractivity contribution in [1.29, 1.82) is 0 Å². The fourth-order valence-corrected chi connectivity index (χ4v) is 2.30. The Balaban J connectivity index is 1.94. The van der Waals surface area contributed by atoms with Crippen LogP contribution in [0.4, 0.5) is 0 Å². The molecule has 1 amide bonds. The molecule has 1 heterocycles. The smallest absolute Gasteiger partial charge is 0.331 e. The predicted molar refractivity (Wildman–Crippen MR) is 91.9 cm³/mol. The van der Waals surface area contributed by atoms with Gasteiger partial charge in [0.15, 0.2) is 0 Å². The maximum absolute atomic E-state index is 12.1. The first-order chi connectivity index (χ1) is 11.9. The Hall–Kier alpha value is -2.41. The molecule has 2 aromatic rings. The zero-order valence-corrected chi connectivity index (χ0v) is 15.1. The van der Waals surface area contributed by atoms with E-state index in [1.54, 1.807) is 38.1 Å². The number of aryl methyl sites for hydroxylation is 1. The van der Waals surface area contributed by atoms with Gasteiger partial charge in [-0.15, -0.1) is 0 Å². The summed E-state index contributed by atoms with van der Waals surface area (Å²) in [5.74, 6) is 0.00330. The molecule has 1 aromatic carbocycles. The SMILES string of the molecule is CC[C@@](C)(NC(=O)CCc1nc(-c2ccc(Cl)cc2)no1)C(=O)OC. The van der Waals surface area contributed by atoms with Crippen molar-refractivity contribution in [3.63, 3.8) is 0 Å². The average Bonchev–Trinajstić information content (AvgIpc) is 3.08. The summed E-state index contributed by atoms with van der Waals surface area (Å²) < 4.78 is 9.89. The van der Waals surface area contributed by atoms with Crippen LogP contribution < -0.4 is 5.32 Å². The Bertz CT molecular complexity index is 745. The van der Waals surface area contributed by atoms with E-state index in [2.05, 4.69) is 15.5 Å². The predicted octanol–water partition coefficient (Wildman–Crippen LogP) is 2.78. The number of esters is 1. The minimum atomic E-state index is -1.05. The third-order valence-electron chi connectivity index (χ3n) is 3.89. The van der Waals surface area contributed by atoms with Crippen LogP contribution in [0.25, 0.3) is 11.4 Å². The van der Waals surface area contributed by atoms with Crippen LogP contribution in [0, 0.1) is 0 Å². The summed E-state index contributed by atoms with van der Waals surface area (Å²) in [6.07, 6.45) is 0.814. The molecular formula is C17H20ClN3O4. The monoisotopic (exact) mass is 365 g/mol. The largest absolute Gasteiger partial charge is 0.467 e. The Kier molecular flexibility index (Phi) is 6.14. The number of carbonyl (C=O) groups excluding carboxylic acids is 2. The number of amides is 1. The third-order valence-corrected chi connectivity index (χ3v) is 4.15. The van der Waals surface area contributed by atoms with Crippen molar-refractivity contribution in [3.8, 4) is 11.4 Å². The lowest BCUT2D eigenvalue weighted by atomic mass is 9.99. The normalized spacial score (nSPS) is 13.1. The van der Waals surface area contributed by atoms with Gasteiger partial charge in [-0.05, 0) is 37.6 Å². The van der Waals surface area contributed by atoms with Gasteiger partial charge in [-0.3, -0.25) is 4.79 Å². The van der Waals surface area contributed by atoms with E-state index in [1.807, 2.05) is 0 Å². The highest BCUT2D eigenvalue weighted by molar-refractivity contribution is 6.30. The van der Waals surface area contributed by atoms with Crippen LogP contribution >= 0.6 is 11.6 Å². The Labute approximate surface area is 150 Å². The molecule has 0 aliphatic heterocycles. The molecule has 1 N–H and O–H groups in total. The van der Waals surface area contributed by atoms with Gasteiger partial charge in [-0.2, -0.15) is 4.98 Å². The van der Waals surface area contributed by atoms with Crippen LogP contribution in [0.5, 0.6) is 0 Å². The molecule has 0 saturated heterocycles. The molecule has 0 aliphatic carbocycles. The zero-order valence-electron chi connectivity index (χ0n) is 14.3. The molecule has 7 nitrogen and oxygen atoms in total. The molecule has 0 saturated carbocycles. The summed E-state index contributed by atoms with van der Waals surface area (Å²) >= 11 is 5.84. The molecule has 0 fully saturated rings. The van der Waals surface area contributed by atoms with Crippen LogP contribution in [-0.4, -0.2) is 34.7 Å². The number of aromatic nitrogens is 2. The Morgan fingerprint density at radius 3 is 2.60 bits per heavy atom. The molecule has 2 rings (SSSR count). The van der Waals surface area contributed by atoms with Gasteiger partial charge in [0.05, 0.1) is 7.11 Å². The van der Waals surface area contributed by atoms with Gasteiger partial charge in [0, 0.05) is 23.4 Å². The molecule has 0 bridgehead atoms. The number of methoxy groups -OCH3 is 1. The third kappa shape index (κ3) is 4.79. The lowest BCUT2D eigenvalue weighted by Crippen LogP contribution is -2.52. The molecule has 8 heteroatoms. The molecule has 0 aliphatic rings. The molecular weight excluding hydrogens is 346 g/mol. The highest BCUT2D eigenvalue weighted by Crippen LogP contribution is 2.19. The fourth-order valence-electron chi connectivity index (χ4n) is 2.17. The summed E-state index contributed by atoms with van der Waals surface area (Å²) in [4.78, 5) is 28.1. The van der Waals surface area contributed by atoms with Crippen molar-refractivity contribution in [2.75, 3.05) is 7.11 Å². The molecule has 1 atom stereocenters. The summed E-state index contributed by atoms with van der Waals surface area (Å²) in [5, 5.41) is 7.20. The summed E-state index contributed by atoms with van der Waals surface area (Å²) in [5.41, 5.74) is -0.275. The van der Waals surface area contributed by atoms with E-state index in [9.17, 15) is 9.59 Å². The second kappa shape index (κ2) is 8.11. The summed E-state index contributed by atoms with van der Waals surface area (Å²) in [7, 11) is 1.29. The van der Waals surface area contributed by atoms with Gasteiger partial charge in [0.2, 0.25) is 17.6 Å². The van der Waals surface area contributed by atoms with Crippen molar-refractivity contribution in [2.45, 2.75) is 38.6 Å². The summed E-state index contributed by atoms with van der Waals surface area (Å²) in [6, 6.07) is 7.04. The van der Waals surface area contributed by atoms with Crippen LogP contribution in [-0.2, 0) is 20.7 Å². The van der Waals surface area contributed by atoms with Gasteiger partial charge in [0.25, 0.3) is 0 Å². The van der Waals surface area contributed by atoms with Crippen LogP contribution in [0.2, 0.25) is 5.02 Å². The fraction of sp³-hybridized carbons (Fsp3) is 0.412. The number of hydrogen-bond acceptors (Lipinski definition) is 6. The summed E-state index contributed by atoms with van der Waals surface area (Å²) in [6.45, 7) is 3.43. The highest BCUT2D eigenvalue weighted by atomic mass is 35.5. The lowest BCUT2D eigenvalue weighted by molar-refractivity contribution is -0.150. The van der Waals surface area contributed by atoms with Crippen molar-refractivity contribution in [2.24, 2.45) is 0 Å². The highest BCUT2D eigenvalue weighted by Gasteiger charge is 2.33. The number of hydrogen-bond donors (Lipinski definition) is 1. The number of halogens is 1. The van der Waals surface area contributed by atoms with Crippen LogP contribution in [0.15, 0.2) is 28.8 Å². The molecule has 134 valence electrons. The van der Waals surface area contributed by atoms with E-state index >= 15 is 0 Å². The lowest BCUT2D eigenvalue weighted by Gasteiger charge is -2.26. The van der Waals surface area contributed by atoms with E-state index < -0.39 is 11.5 Å². The van der Waals surface area contributed by atoms with Crippen molar-refractivity contribution in [1.82, 2.24) is 15.5 Å². The molecule has 25 heavy (non-hydrogen) atoms. The zero-order chi connectivity index (χ0) is 18.4. The molecule has 0 unspecified atom stereocenters. The van der Waals surface area contributed by atoms with E-state index in [-0.39, 0.29) is 18.7 Å². The van der Waals surface area contributed by atoms with E-state index in [0.717, 1.165) is 5.56 Å². The topological polar surface area (TPSA) is 94.3 Å². The minimum Gasteiger partial charge on any atom is -0.467 e. The molecule has 0 radical (unpaired) electrons. The van der Waals surface area contributed by atoms with Crippen molar-refractivity contribution in [3.05, 3.63) is 35.2 Å². The number of rotatable bonds is 7. The Morgan fingerprint density at radius 1 is 1.32 bits per heavy atom. The molecule has 0 spiro atoms. The van der Waals surface area contributed by atoms with Gasteiger partial charge in [0.1, 0.15) is 5.54 Å². The van der Waals surface area contributed by atoms with Crippen molar-refractivity contribution < 1.29 is 18.8 Å².